The number of nitrogens with two attached hydrogens (primary N) is 1. The molecule has 0 saturated carbocycles. The minimum Gasteiger partial charge on any atom is -0.497 e. The number of aromatic nitrogens is 1. The first-order valence-electron chi connectivity index (χ1n) is 9.91. The SMILES string of the molecule is COc1cccc(-c2ccc3c(=O)[nH]c(O)c(C=NCc4ccc(S(N)(=O)=O)cc4)c3c2)c1. The van der Waals surface area contributed by atoms with Crippen molar-refractivity contribution in [1.29, 1.82) is 0 Å². The van der Waals surface area contributed by atoms with Gasteiger partial charge in [-0.3, -0.25) is 14.8 Å². The molecule has 0 aliphatic rings. The van der Waals surface area contributed by atoms with Crippen LogP contribution in [0.2, 0.25) is 0 Å². The van der Waals surface area contributed by atoms with E-state index in [-0.39, 0.29) is 17.3 Å². The van der Waals surface area contributed by atoms with Gasteiger partial charge in [-0.1, -0.05) is 30.3 Å². The molecule has 0 spiro atoms. The smallest absolute Gasteiger partial charge is 0.258 e. The molecule has 4 rings (SSSR count). The van der Waals surface area contributed by atoms with Gasteiger partial charge in [-0.25, -0.2) is 13.6 Å². The lowest BCUT2D eigenvalue weighted by molar-refractivity contribution is 0.415. The number of nitrogens with one attached hydrogen (secondary N) is 1. The zero-order valence-corrected chi connectivity index (χ0v) is 18.5. The second kappa shape index (κ2) is 8.89. The first-order valence-corrected chi connectivity index (χ1v) is 11.5. The van der Waals surface area contributed by atoms with Gasteiger partial charge in [0.2, 0.25) is 15.9 Å². The summed E-state index contributed by atoms with van der Waals surface area (Å²) in [6, 6.07) is 18.9. The second-order valence-corrected chi connectivity index (χ2v) is 8.93. The van der Waals surface area contributed by atoms with Crippen LogP contribution in [-0.2, 0) is 16.6 Å². The van der Waals surface area contributed by atoms with E-state index in [1.165, 1.54) is 18.3 Å². The zero-order chi connectivity index (χ0) is 23.6. The van der Waals surface area contributed by atoms with Crippen LogP contribution in [0.3, 0.4) is 0 Å². The van der Waals surface area contributed by atoms with E-state index in [0.717, 1.165) is 16.7 Å². The van der Waals surface area contributed by atoms with Crippen molar-refractivity contribution in [3.8, 4) is 22.8 Å². The fourth-order valence-electron chi connectivity index (χ4n) is 3.47. The van der Waals surface area contributed by atoms with Gasteiger partial charge >= 0.3 is 0 Å². The number of primary sulfonamides is 1. The Kier molecular flexibility index (Phi) is 5.99. The lowest BCUT2D eigenvalue weighted by atomic mass is 9.99. The topological polar surface area (TPSA) is 135 Å². The normalized spacial score (nSPS) is 11.8. The van der Waals surface area contributed by atoms with E-state index in [2.05, 4.69) is 9.98 Å². The molecule has 0 atom stereocenters. The monoisotopic (exact) mass is 463 g/mol. The summed E-state index contributed by atoms with van der Waals surface area (Å²) in [6.45, 7) is 0.237. The quantitative estimate of drug-likeness (QED) is 0.378. The predicted octanol–water partition coefficient (Wildman–Crippen LogP) is 3.18. The average molecular weight is 464 g/mol. The molecule has 0 amide bonds. The van der Waals surface area contributed by atoms with Crippen LogP contribution in [-0.4, -0.2) is 31.8 Å². The van der Waals surface area contributed by atoms with E-state index >= 15 is 0 Å². The van der Waals surface area contributed by atoms with Crippen molar-refractivity contribution in [2.45, 2.75) is 11.4 Å². The molecule has 9 heteroatoms. The number of hydrogen-bond acceptors (Lipinski definition) is 6. The Morgan fingerprint density at radius 3 is 2.45 bits per heavy atom. The van der Waals surface area contributed by atoms with Crippen LogP contribution < -0.4 is 15.4 Å². The van der Waals surface area contributed by atoms with Gasteiger partial charge in [0, 0.05) is 17.0 Å². The van der Waals surface area contributed by atoms with Gasteiger partial charge in [0.25, 0.3) is 5.56 Å². The van der Waals surface area contributed by atoms with Crippen LogP contribution in [0.15, 0.2) is 81.4 Å². The number of aliphatic imine (C=N–C) groups is 1. The van der Waals surface area contributed by atoms with E-state index in [1.807, 2.05) is 36.4 Å². The summed E-state index contributed by atoms with van der Waals surface area (Å²) in [4.78, 5) is 19.2. The molecule has 0 bridgehead atoms. The fraction of sp³-hybridized carbons (Fsp3) is 0.0833. The number of hydrogen-bond donors (Lipinski definition) is 3. The third kappa shape index (κ3) is 4.79. The summed E-state index contributed by atoms with van der Waals surface area (Å²) >= 11 is 0. The molecule has 0 aliphatic heterocycles. The highest BCUT2D eigenvalue weighted by atomic mass is 32.2. The first-order chi connectivity index (χ1) is 15.8. The zero-order valence-electron chi connectivity index (χ0n) is 17.6. The van der Waals surface area contributed by atoms with Crippen molar-refractivity contribution in [3.05, 3.63) is 88.2 Å². The predicted molar refractivity (Wildman–Crippen MR) is 127 cm³/mol. The number of H-pyrrole nitrogens is 1. The molecule has 33 heavy (non-hydrogen) atoms. The van der Waals surface area contributed by atoms with Gasteiger partial charge < -0.3 is 9.84 Å². The standard InChI is InChI=1S/C24H21N3O5S/c1-32-18-4-2-3-16(11-18)17-7-10-20-21(12-17)22(24(29)27-23(20)28)14-26-13-15-5-8-19(9-6-15)33(25,30)31/h2-12,14H,13H2,1H3,(H2,25,30,31)(H2,27,28,29). The number of aromatic hydroxyl groups is 1. The number of nitrogens with zero attached hydrogens (tertiary/aromatic N) is 1. The largest absolute Gasteiger partial charge is 0.497 e. The van der Waals surface area contributed by atoms with Crippen LogP contribution >= 0.6 is 0 Å². The second-order valence-electron chi connectivity index (χ2n) is 7.37. The van der Waals surface area contributed by atoms with Gasteiger partial charge in [-0.2, -0.15) is 0 Å². The van der Waals surface area contributed by atoms with E-state index < -0.39 is 15.6 Å². The lowest BCUT2D eigenvalue weighted by Gasteiger charge is -2.09. The summed E-state index contributed by atoms with van der Waals surface area (Å²) in [5, 5.41) is 16.5. The molecule has 4 aromatic rings. The number of ether oxygens (including phenoxy) is 1. The summed E-state index contributed by atoms with van der Waals surface area (Å²) in [6.07, 6.45) is 1.48. The minimum absolute atomic E-state index is 0.0181. The van der Waals surface area contributed by atoms with E-state index in [0.29, 0.717) is 22.1 Å². The maximum atomic E-state index is 12.4. The Balaban J connectivity index is 1.71. The highest BCUT2D eigenvalue weighted by Crippen LogP contribution is 2.29. The molecule has 8 nitrogen and oxygen atoms in total. The van der Waals surface area contributed by atoms with Crippen molar-refractivity contribution < 1.29 is 18.3 Å². The summed E-state index contributed by atoms with van der Waals surface area (Å²) in [5.41, 5.74) is 2.46. The Bertz CT molecular complexity index is 1520. The highest BCUT2D eigenvalue weighted by Gasteiger charge is 2.12. The summed E-state index contributed by atoms with van der Waals surface area (Å²) in [7, 11) is -2.17. The van der Waals surface area contributed by atoms with Gasteiger partial charge in [-0.05, 0) is 53.1 Å². The molecule has 1 aromatic heterocycles. The van der Waals surface area contributed by atoms with Crippen molar-refractivity contribution in [1.82, 2.24) is 4.98 Å². The van der Waals surface area contributed by atoms with Crippen LogP contribution in [0.25, 0.3) is 21.9 Å². The molecule has 4 N–H and O–H groups in total. The molecule has 0 radical (unpaired) electrons. The van der Waals surface area contributed by atoms with Crippen LogP contribution in [0.4, 0.5) is 0 Å². The van der Waals surface area contributed by atoms with Crippen molar-refractivity contribution in [3.63, 3.8) is 0 Å². The average Bonchev–Trinajstić information content (AvgIpc) is 2.80. The molecular formula is C24H21N3O5S. The minimum atomic E-state index is -3.76. The molecule has 168 valence electrons. The van der Waals surface area contributed by atoms with Crippen molar-refractivity contribution in [2.75, 3.05) is 7.11 Å². The van der Waals surface area contributed by atoms with E-state index in [4.69, 9.17) is 9.88 Å². The molecule has 0 unspecified atom stereocenters. The Morgan fingerprint density at radius 2 is 1.76 bits per heavy atom. The van der Waals surface area contributed by atoms with Gasteiger partial charge in [0.15, 0.2) is 0 Å². The number of sulfonamides is 1. The van der Waals surface area contributed by atoms with Crippen molar-refractivity contribution >= 4 is 27.0 Å². The molecule has 0 fully saturated rings. The molecule has 0 saturated heterocycles. The van der Waals surface area contributed by atoms with E-state index in [1.54, 1.807) is 25.3 Å². The number of aromatic amines is 1. The highest BCUT2D eigenvalue weighted by molar-refractivity contribution is 7.89. The third-order valence-corrected chi connectivity index (χ3v) is 6.12. The fourth-order valence-corrected chi connectivity index (χ4v) is 3.99. The number of pyridine rings is 1. The van der Waals surface area contributed by atoms with Gasteiger partial charge in [0.1, 0.15) is 5.75 Å². The van der Waals surface area contributed by atoms with Gasteiger partial charge in [0.05, 0.1) is 24.1 Å². The van der Waals surface area contributed by atoms with Crippen LogP contribution in [0.5, 0.6) is 11.6 Å². The lowest BCUT2D eigenvalue weighted by Crippen LogP contribution is -2.11. The van der Waals surface area contributed by atoms with Gasteiger partial charge in [-0.15, -0.1) is 0 Å². The third-order valence-electron chi connectivity index (χ3n) is 5.19. The number of benzene rings is 3. The maximum Gasteiger partial charge on any atom is 0.258 e. The van der Waals surface area contributed by atoms with Crippen LogP contribution in [0, 0.1) is 0 Å². The molecule has 1 heterocycles. The number of rotatable bonds is 6. The first kappa shape index (κ1) is 22.3. The Morgan fingerprint density at radius 1 is 1.03 bits per heavy atom. The number of methoxy groups -OCH3 is 1. The number of fused-ring (bicyclic) bond motifs is 1. The Hall–Kier alpha value is -3.95. The van der Waals surface area contributed by atoms with Crippen molar-refractivity contribution in [2.24, 2.45) is 10.1 Å². The van der Waals surface area contributed by atoms with E-state index in [9.17, 15) is 18.3 Å². The Labute approximate surface area is 190 Å². The summed E-state index contributed by atoms with van der Waals surface area (Å²) < 4.78 is 28.1. The molecular weight excluding hydrogens is 442 g/mol. The van der Waals surface area contributed by atoms with Crippen LogP contribution in [0.1, 0.15) is 11.1 Å². The molecule has 0 aliphatic carbocycles. The summed E-state index contributed by atoms with van der Waals surface area (Å²) in [5.74, 6) is 0.417. The maximum absolute atomic E-state index is 12.4. The molecule has 3 aromatic carbocycles.